The van der Waals surface area contributed by atoms with E-state index < -0.39 is 41.1 Å². The van der Waals surface area contributed by atoms with Crippen LogP contribution in [0.1, 0.15) is 59.4 Å². The van der Waals surface area contributed by atoms with Gasteiger partial charge >= 0.3 is 5.97 Å². The Morgan fingerprint density at radius 1 is 1.31 bits per heavy atom. The first-order valence-electron chi connectivity index (χ1n) is 14.4. The van der Waals surface area contributed by atoms with Gasteiger partial charge in [-0.3, -0.25) is 14.4 Å². The predicted octanol–water partition coefficient (Wildman–Crippen LogP) is 3.37. The zero-order valence-corrected chi connectivity index (χ0v) is 24.0. The summed E-state index contributed by atoms with van der Waals surface area (Å²) in [5.74, 6) is -2.77. The SMILES string of the molecule is C=CCN(C(=O)C1N([C@@H](CO)Cc2ccccc2)C(=O)[C@@H]2[C@H](C(=O)OCC)[C@@]3(C)OC12CC3C)C(C)CCC. The number of fused-ring (bicyclic) bond motifs is 1. The van der Waals surface area contributed by atoms with E-state index in [4.69, 9.17) is 9.47 Å². The number of benzene rings is 1. The van der Waals surface area contributed by atoms with Crippen LogP contribution in [0.5, 0.6) is 0 Å². The summed E-state index contributed by atoms with van der Waals surface area (Å²) < 4.78 is 12.3. The van der Waals surface area contributed by atoms with Crippen molar-refractivity contribution in [3.63, 3.8) is 0 Å². The van der Waals surface area contributed by atoms with Crippen molar-refractivity contribution in [1.82, 2.24) is 9.80 Å². The number of ether oxygens (including phenoxy) is 2. The summed E-state index contributed by atoms with van der Waals surface area (Å²) in [5, 5.41) is 10.6. The molecule has 0 saturated carbocycles. The molecule has 39 heavy (non-hydrogen) atoms. The van der Waals surface area contributed by atoms with Gasteiger partial charge in [-0.25, -0.2) is 0 Å². The van der Waals surface area contributed by atoms with Crippen LogP contribution in [0.3, 0.4) is 0 Å². The number of nitrogens with zero attached hydrogens (tertiary/aromatic N) is 2. The lowest BCUT2D eigenvalue weighted by Gasteiger charge is -2.41. The first-order chi connectivity index (χ1) is 18.6. The van der Waals surface area contributed by atoms with E-state index in [1.54, 1.807) is 22.8 Å². The first kappa shape index (κ1) is 29.3. The Bertz CT molecular complexity index is 1080. The quantitative estimate of drug-likeness (QED) is 0.323. The maximum absolute atomic E-state index is 14.6. The van der Waals surface area contributed by atoms with Crippen LogP contribution in [0.2, 0.25) is 0 Å². The molecule has 8 atom stereocenters. The highest BCUT2D eigenvalue weighted by Crippen LogP contribution is 2.65. The van der Waals surface area contributed by atoms with Crippen LogP contribution in [0.15, 0.2) is 43.0 Å². The van der Waals surface area contributed by atoms with Crippen molar-refractivity contribution in [3.8, 4) is 0 Å². The molecule has 8 heteroatoms. The van der Waals surface area contributed by atoms with E-state index in [1.807, 2.05) is 51.1 Å². The molecule has 8 nitrogen and oxygen atoms in total. The zero-order chi connectivity index (χ0) is 28.5. The average Bonchev–Trinajstić information content (AvgIpc) is 3.43. The normalized spacial score (nSPS) is 32.6. The fourth-order valence-electron chi connectivity index (χ4n) is 7.43. The lowest BCUT2D eigenvalue weighted by molar-refractivity contribution is -0.163. The van der Waals surface area contributed by atoms with Crippen molar-refractivity contribution in [3.05, 3.63) is 48.6 Å². The highest BCUT2D eigenvalue weighted by atomic mass is 16.6. The van der Waals surface area contributed by atoms with Gasteiger partial charge in [0, 0.05) is 12.6 Å². The minimum atomic E-state index is -1.19. The van der Waals surface area contributed by atoms with Crippen LogP contribution in [-0.4, -0.2) is 81.8 Å². The molecule has 1 aromatic carbocycles. The second-order valence-corrected chi connectivity index (χ2v) is 11.6. The standard InChI is InChI=1S/C31H44N2O6/c1-7-13-21(5)32(16-8-2)28(36)26-31-18-20(4)30(6,39-31)25(29(37)38-9-3)24(31)27(35)33(26)23(19-34)17-22-14-11-10-12-15-22/h8,10-12,14-15,20-21,23-26,34H,2,7,9,13,16-19H2,1,3-6H3/t20?,21?,23-,24+,25-,26?,30+,31?/m1/s1. The van der Waals surface area contributed by atoms with E-state index in [9.17, 15) is 19.5 Å². The first-order valence-corrected chi connectivity index (χ1v) is 14.4. The Hall–Kier alpha value is -2.71. The van der Waals surface area contributed by atoms with Gasteiger partial charge in [0.25, 0.3) is 0 Å². The zero-order valence-electron chi connectivity index (χ0n) is 24.0. The van der Waals surface area contributed by atoms with Gasteiger partial charge in [-0.2, -0.15) is 0 Å². The number of hydrogen-bond donors (Lipinski definition) is 1. The Morgan fingerprint density at radius 3 is 2.59 bits per heavy atom. The molecule has 4 rings (SSSR count). The summed E-state index contributed by atoms with van der Waals surface area (Å²) in [6.07, 6.45) is 4.23. The molecule has 2 amide bonds. The number of hydrogen-bond acceptors (Lipinski definition) is 6. The molecule has 3 aliphatic heterocycles. The predicted molar refractivity (Wildman–Crippen MR) is 148 cm³/mol. The van der Waals surface area contributed by atoms with Gasteiger partial charge in [-0.05, 0) is 51.5 Å². The second kappa shape index (κ2) is 11.4. The summed E-state index contributed by atoms with van der Waals surface area (Å²) in [6.45, 7) is 13.8. The maximum Gasteiger partial charge on any atom is 0.312 e. The van der Waals surface area contributed by atoms with E-state index in [2.05, 4.69) is 13.5 Å². The summed E-state index contributed by atoms with van der Waals surface area (Å²) >= 11 is 0. The van der Waals surface area contributed by atoms with Crippen LogP contribution >= 0.6 is 0 Å². The van der Waals surface area contributed by atoms with Crippen molar-refractivity contribution >= 4 is 17.8 Å². The van der Waals surface area contributed by atoms with Crippen molar-refractivity contribution in [2.75, 3.05) is 19.8 Å². The van der Waals surface area contributed by atoms with Gasteiger partial charge in [0.15, 0.2) is 0 Å². The number of amides is 2. The highest BCUT2D eigenvalue weighted by Gasteiger charge is 2.80. The molecule has 214 valence electrons. The average molecular weight is 541 g/mol. The molecule has 3 aliphatic rings. The topological polar surface area (TPSA) is 96.4 Å². The lowest BCUT2D eigenvalue weighted by Crippen LogP contribution is -2.60. The number of esters is 1. The third-order valence-electron chi connectivity index (χ3n) is 9.29. The monoisotopic (exact) mass is 540 g/mol. The van der Waals surface area contributed by atoms with Crippen molar-refractivity contribution < 1.29 is 29.0 Å². The molecule has 3 heterocycles. The third-order valence-corrected chi connectivity index (χ3v) is 9.29. The number of carbonyl (C=O) groups excluding carboxylic acids is 3. The number of carbonyl (C=O) groups is 3. The van der Waals surface area contributed by atoms with Crippen molar-refractivity contribution in [2.24, 2.45) is 17.8 Å². The molecule has 1 N–H and O–H groups in total. The lowest BCUT2D eigenvalue weighted by atomic mass is 9.62. The van der Waals surface area contributed by atoms with Gasteiger partial charge in [-0.15, -0.1) is 6.58 Å². The van der Waals surface area contributed by atoms with Crippen LogP contribution in [0, 0.1) is 17.8 Å². The summed E-state index contributed by atoms with van der Waals surface area (Å²) in [4.78, 5) is 45.8. The molecule has 3 fully saturated rings. The van der Waals surface area contributed by atoms with Gasteiger partial charge in [0.1, 0.15) is 17.6 Å². The summed E-state index contributed by atoms with van der Waals surface area (Å²) in [7, 11) is 0. The van der Waals surface area contributed by atoms with E-state index in [0.29, 0.717) is 19.4 Å². The molecular weight excluding hydrogens is 496 g/mol. The van der Waals surface area contributed by atoms with Gasteiger partial charge in [0.05, 0.1) is 30.8 Å². The van der Waals surface area contributed by atoms with Crippen LogP contribution in [0.4, 0.5) is 0 Å². The molecule has 1 aromatic rings. The minimum absolute atomic E-state index is 0.0752. The number of aliphatic hydroxyl groups excluding tert-OH is 1. The van der Waals surface area contributed by atoms with Gasteiger partial charge in [-0.1, -0.05) is 56.7 Å². The second-order valence-electron chi connectivity index (χ2n) is 11.6. The molecule has 3 saturated heterocycles. The molecule has 2 bridgehead atoms. The molecule has 4 unspecified atom stereocenters. The van der Waals surface area contributed by atoms with Gasteiger partial charge in [0.2, 0.25) is 11.8 Å². The number of likely N-dealkylation sites (tertiary alicyclic amines) is 1. The van der Waals surface area contributed by atoms with Crippen LogP contribution in [0.25, 0.3) is 0 Å². The largest absolute Gasteiger partial charge is 0.466 e. The van der Waals surface area contributed by atoms with Crippen molar-refractivity contribution in [1.29, 1.82) is 0 Å². The number of aliphatic hydroxyl groups is 1. The van der Waals surface area contributed by atoms with Gasteiger partial charge < -0.3 is 24.4 Å². The molecule has 1 spiro atoms. The van der Waals surface area contributed by atoms with Crippen molar-refractivity contribution in [2.45, 2.75) is 89.6 Å². The van der Waals surface area contributed by atoms with E-state index >= 15 is 0 Å². The van der Waals surface area contributed by atoms with E-state index in [-0.39, 0.29) is 37.0 Å². The molecule has 0 aromatic heterocycles. The van der Waals surface area contributed by atoms with E-state index in [1.165, 1.54) is 0 Å². The summed E-state index contributed by atoms with van der Waals surface area (Å²) in [6, 6.07) is 7.91. The maximum atomic E-state index is 14.6. The highest BCUT2D eigenvalue weighted by molar-refractivity contribution is 5.99. The number of rotatable bonds is 12. The molecule has 0 radical (unpaired) electrons. The third kappa shape index (κ3) is 4.69. The molecular formula is C31H44N2O6. The summed E-state index contributed by atoms with van der Waals surface area (Å²) in [5.41, 5.74) is -1.17. The Balaban J connectivity index is 1.85. The van der Waals surface area contributed by atoms with Crippen LogP contribution < -0.4 is 0 Å². The Morgan fingerprint density at radius 2 is 2.00 bits per heavy atom. The Labute approximate surface area is 232 Å². The minimum Gasteiger partial charge on any atom is -0.466 e. The van der Waals surface area contributed by atoms with E-state index in [0.717, 1.165) is 18.4 Å². The fourth-order valence-corrected chi connectivity index (χ4v) is 7.43. The van der Waals surface area contributed by atoms with Crippen LogP contribution in [-0.2, 0) is 30.3 Å². The smallest absolute Gasteiger partial charge is 0.312 e. The Kier molecular flexibility index (Phi) is 8.57. The molecule has 0 aliphatic carbocycles. The fraction of sp³-hybridized carbons (Fsp3) is 0.645.